The van der Waals surface area contributed by atoms with Gasteiger partial charge in [-0.15, -0.1) is 0 Å². The number of fused-ring (bicyclic) bond motifs is 1. The fourth-order valence-corrected chi connectivity index (χ4v) is 4.98. The third-order valence-corrected chi connectivity index (χ3v) is 6.90. The van der Waals surface area contributed by atoms with Crippen molar-refractivity contribution in [3.8, 4) is 5.75 Å². The van der Waals surface area contributed by atoms with E-state index in [-0.39, 0.29) is 17.9 Å². The summed E-state index contributed by atoms with van der Waals surface area (Å²) in [6, 6.07) is 27.7. The first-order valence-corrected chi connectivity index (χ1v) is 12.6. The van der Waals surface area contributed by atoms with Crippen LogP contribution in [0.5, 0.6) is 5.75 Å². The topological polar surface area (TPSA) is 70.1 Å². The standard InChI is InChI=1S/C32H30N2O4/c1-4-38-25-18-12-21(13-19-25)20-34-29(23-14-16-24(17-15-23)33(2)3)28(31(36)32(34)37)30(35)27-11-7-9-22-8-5-6-10-26(22)27/h5-19,29,35H,4,20H2,1-3H3/b30-28-. The molecule has 1 unspecified atom stereocenters. The number of anilines is 1. The molecule has 1 N–H and O–H groups in total. The molecule has 6 heteroatoms. The number of amides is 1. The molecule has 0 aliphatic carbocycles. The minimum Gasteiger partial charge on any atom is -0.507 e. The van der Waals surface area contributed by atoms with E-state index in [1.54, 1.807) is 11.0 Å². The SMILES string of the molecule is CCOc1ccc(CN2C(=O)C(=O)/C(=C(\O)c3cccc4ccccc34)C2c2ccc(N(C)C)cc2)cc1. The zero-order valence-corrected chi connectivity index (χ0v) is 21.7. The summed E-state index contributed by atoms with van der Waals surface area (Å²) in [4.78, 5) is 30.5. The van der Waals surface area contributed by atoms with Gasteiger partial charge in [0.15, 0.2) is 0 Å². The molecular weight excluding hydrogens is 476 g/mol. The van der Waals surface area contributed by atoms with Crippen LogP contribution < -0.4 is 9.64 Å². The highest BCUT2D eigenvalue weighted by Crippen LogP contribution is 2.41. The highest BCUT2D eigenvalue weighted by molar-refractivity contribution is 6.46. The Morgan fingerprint density at radius 2 is 1.58 bits per heavy atom. The average Bonchev–Trinajstić information content (AvgIpc) is 3.18. The van der Waals surface area contributed by atoms with E-state index in [0.29, 0.717) is 12.2 Å². The highest BCUT2D eigenvalue weighted by Gasteiger charge is 2.46. The van der Waals surface area contributed by atoms with Crippen molar-refractivity contribution >= 4 is 33.9 Å². The van der Waals surface area contributed by atoms with E-state index in [9.17, 15) is 14.7 Å². The molecule has 1 aliphatic rings. The lowest BCUT2D eigenvalue weighted by atomic mass is 9.93. The largest absolute Gasteiger partial charge is 0.507 e. The van der Waals surface area contributed by atoms with E-state index in [1.165, 1.54) is 0 Å². The number of likely N-dealkylation sites (tertiary alicyclic amines) is 1. The second-order valence-electron chi connectivity index (χ2n) is 9.52. The second-order valence-corrected chi connectivity index (χ2v) is 9.52. The summed E-state index contributed by atoms with van der Waals surface area (Å²) >= 11 is 0. The van der Waals surface area contributed by atoms with Crippen LogP contribution in [0.1, 0.15) is 29.7 Å². The van der Waals surface area contributed by atoms with Crippen LogP contribution in [0, 0.1) is 0 Å². The number of Topliss-reactive ketones (excluding diaryl/α,β-unsaturated/α-hetero) is 1. The molecule has 192 valence electrons. The Morgan fingerprint density at radius 3 is 2.26 bits per heavy atom. The van der Waals surface area contributed by atoms with Crippen molar-refractivity contribution in [2.75, 3.05) is 25.6 Å². The summed E-state index contributed by atoms with van der Waals surface area (Å²) in [5.41, 5.74) is 3.22. The van der Waals surface area contributed by atoms with Crippen molar-refractivity contribution < 1.29 is 19.4 Å². The Labute approximate surface area is 222 Å². The van der Waals surface area contributed by atoms with E-state index in [2.05, 4.69) is 0 Å². The summed E-state index contributed by atoms with van der Waals surface area (Å²) in [6.45, 7) is 2.69. The molecule has 6 nitrogen and oxygen atoms in total. The molecule has 4 aromatic rings. The molecule has 1 saturated heterocycles. The Kier molecular flexibility index (Phi) is 6.88. The first kappa shape index (κ1) is 25.1. The van der Waals surface area contributed by atoms with Gasteiger partial charge in [-0.05, 0) is 53.1 Å². The second kappa shape index (κ2) is 10.4. The van der Waals surface area contributed by atoms with Gasteiger partial charge in [0.25, 0.3) is 11.7 Å². The molecule has 1 fully saturated rings. The molecule has 0 saturated carbocycles. The molecule has 0 bridgehead atoms. The first-order valence-electron chi connectivity index (χ1n) is 12.6. The van der Waals surface area contributed by atoms with Gasteiger partial charge in [0, 0.05) is 31.9 Å². The van der Waals surface area contributed by atoms with Gasteiger partial charge in [-0.3, -0.25) is 9.59 Å². The predicted molar refractivity (Wildman–Crippen MR) is 150 cm³/mol. The van der Waals surface area contributed by atoms with Gasteiger partial charge in [0.1, 0.15) is 11.5 Å². The number of carbonyl (C=O) groups is 2. The normalized spacial score (nSPS) is 16.7. The van der Waals surface area contributed by atoms with Crippen molar-refractivity contribution in [1.29, 1.82) is 0 Å². The van der Waals surface area contributed by atoms with Crippen molar-refractivity contribution in [2.45, 2.75) is 19.5 Å². The Hall–Kier alpha value is -4.58. The summed E-state index contributed by atoms with van der Waals surface area (Å²) in [6.07, 6.45) is 0. The molecule has 0 spiro atoms. The lowest BCUT2D eigenvalue weighted by molar-refractivity contribution is -0.140. The van der Waals surface area contributed by atoms with E-state index in [4.69, 9.17) is 4.74 Å². The maximum absolute atomic E-state index is 13.5. The van der Waals surface area contributed by atoms with Crippen LogP contribution in [0.25, 0.3) is 16.5 Å². The molecule has 38 heavy (non-hydrogen) atoms. The third kappa shape index (κ3) is 4.61. The van der Waals surface area contributed by atoms with Crippen LogP contribution in [-0.2, 0) is 16.1 Å². The molecule has 4 aromatic carbocycles. The van der Waals surface area contributed by atoms with Crippen LogP contribution in [0.2, 0.25) is 0 Å². The summed E-state index contributed by atoms with van der Waals surface area (Å²) in [7, 11) is 3.90. The zero-order valence-electron chi connectivity index (χ0n) is 21.7. The Balaban J connectivity index is 1.64. The lowest BCUT2D eigenvalue weighted by Gasteiger charge is -2.26. The number of ketones is 1. The van der Waals surface area contributed by atoms with Crippen LogP contribution in [0.3, 0.4) is 0 Å². The molecule has 1 atom stereocenters. The molecule has 1 aliphatic heterocycles. The Morgan fingerprint density at radius 1 is 0.895 bits per heavy atom. The van der Waals surface area contributed by atoms with E-state index in [1.807, 2.05) is 111 Å². The molecule has 1 amide bonds. The monoisotopic (exact) mass is 506 g/mol. The van der Waals surface area contributed by atoms with Gasteiger partial charge < -0.3 is 19.6 Å². The number of benzene rings is 4. The van der Waals surface area contributed by atoms with Crippen LogP contribution in [0.15, 0.2) is 96.6 Å². The average molecular weight is 507 g/mol. The summed E-state index contributed by atoms with van der Waals surface area (Å²) < 4.78 is 5.54. The quantitative estimate of drug-likeness (QED) is 0.191. The number of hydrogen-bond donors (Lipinski definition) is 1. The lowest BCUT2D eigenvalue weighted by Crippen LogP contribution is -2.29. The molecule has 1 heterocycles. The minimum atomic E-state index is -0.739. The smallest absolute Gasteiger partial charge is 0.295 e. The maximum atomic E-state index is 13.5. The molecule has 0 radical (unpaired) electrons. The zero-order chi connectivity index (χ0) is 26.8. The van der Waals surface area contributed by atoms with Gasteiger partial charge >= 0.3 is 0 Å². The van der Waals surface area contributed by atoms with Gasteiger partial charge in [-0.1, -0.05) is 66.7 Å². The Bertz CT molecular complexity index is 1520. The number of aliphatic hydroxyl groups is 1. The first-order chi connectivity index (χ1) is 18.4. The molecule has 0 aromatic heterocycles. The van der Waals surface area contributed by atoms with Crippen molar-refractivity contribution in [3.63, 3.8) is 0 Å². The van der Waals surface area contributed by atoms with E-state index in [0.717, 1.165) is 33.3 Å². The molecular formula is C32H30N2O4. The van der Waals surface area contributed by atoms with Crippen molar-refractivity contribution in [2.24, 2.45) is 0 Å². The van der Waals surface area contributed by atoms with Gasteiger partial charge in [0.2, 0.25) is 0 Å². The molecule has 5 rings (SSSR count). The van der Waals surface area contributed by atoms with Crippen LogP contribution in [-0.4, -0.2) is 42.4 Å². The third-order valence-electron chi connectivity index (χ3n) is 6.90. The van der Waals surface area contributed by atoms with Gasteiger partial charge in [-0.2, -0.15) is 0 Å². The van der Waals surface area contributed by atoms with Crippen molar-refractivity contribution in [3.05, 3.63) is 113 Å². The summed E-state index contributed by atoms with van der Waals surface area (Å²) in [5.74, 6) is -0.758. The highest BCUT2D eigenvalue weighted by atomic mass is 16.5. The van der Waals surface area contributed by atoms with Gasteiger partial charge in [-0.25, -0.2) is 0 Å². The van der Waals surface area contributed by atoms with Crippen LogP contribution >= 0.6 is 0 Å². The van der Waals surface area contributed by atoms with Crippen molar-refractivity contribution in [1.82, 2.24) is 4.90 Å². The number of hydrogen-bond acceptors (Lipinski definition) is 5. The number of ether oxygens (including phenoxy) is 1. The van der Waals surface area contributed by atoms with Gasteiger partial charge in [0.05, 0.1) is 18.2 Å². The number of rotatable bonds is 7. The van der Waals surface area contributed by atoms with E-state index < -0.39 is 17.7 Å². The number of carbonyl (C=O) groups excluding carboxylic acids is 2. The minimum absolute atomic E-state index is 0.0925. The number of aliphatic hydroxyl groups excluding tert-OH is 1. The predicted octanol–water partition coefficient (Wildman–Crippen LogP) is 5.93. The fourth-order valence-electron chi connectivity index (χ4n) is 4.98. The van der Waals surface area contributed by atoms with Crippen LogP contribution in [0.4, 0.5) is 5.69 Å². The number of nitrogens with zero attached hydrogens (tertiary/aromatic N) is 2. The fraction of sp³-hybridized carbons (Fsp3) is 0.188. The van der Waals surface area contributed by atoms with E-state index >= 15 is 0 Å². The summed E-state index contributed by atoms with van der Waals surface area (Å²) in [5, 5.41) is 13.4. The maximum Gasteiger partial charge on any atom is 0.295 e.